The van der Waals surface area contributed by atoms with E-state index in [9.17, 15) is 4.79 Å². The summed E-state index contributed by atoms with van der Waals surface area (Å²) in [5.41, 5.74) is 1.60. The number of rotatable bonds is 7. The molecule has 112 valence electrons. The molecule has 0 fully saturated rings. The summed E-state index contributed by atoms with van der Waals surface area (Å²) in [4.78, 5) is 18.4. The van der Waals surface area contributed by atoms with Gasteiger partial charge in [-0.25, -0.2) is 0 Å². The van der Waals surface area contributed by atoms with Crippen LogP contribution >= 0.6 is 11.6 Å². The van der Waals surface area contributed by atoms with Gasteiger partial charge in [0.15, 0.2) is 5.78 Å². The first-order valence-electron chi connectivity index (χ1n) is 6.86. The highest BCUT2D eigenvalue weighted by molar-refractivity contribution is 6.33. The number of likely N-dealkylation sites (N-methyl/N-ethyl adjacent to an activating group) is 1. The standard InChI is InChI=1S/C15H19ClN4O/c1-19(2)9-10-20-15(13(16)11-18-20)14(21)4-3-12-5-7-17-8-6-12/h5-8,11H,3-4,9-10H2,1-2H3. The molecule has 0 aliphatic carbocycles. The monoisotopic (exact) mass is 306 g/mol. The van der Waals surface area contributed by atoms with Gasteiger partial charge in [-0.2, -0.15) is 5.10 Å². The van der Waals surface area contributed by atoms with Crippen molar-refractivity contribution in [2.24, 2.45) is 0 Å². The predicted octanol–water partition coefficient (Wildman–Crippen LogP) is 2.31. The van der Waals surface area contributed by atoms with Gasteiger partial charge in [0.1, 0.15) is 5.69 Å². The maximum Gasteiger partial charge on any atom is 0.182 e. The minimum Gasteiger partial charge on any atom is -0.308 e. The van der Waals surface area contributed by atoms with Crippen LogP contribution in [0.1, 0.15) is 22.5 Å². The maximum atomic E-state index is 12.4. The Hall–Kier alpha value is -1.72. The van der Waals surface area contributed by atoms with Gasteiger partial charge in [-0.15, -0.1) is 0 Å². The molecule has 0 aliphatic rings. The first-order chi connectivity index (χ1) is 10.1. The topological polar surface area (TPSA) is 51.0 Å². The number of aryl methyl sites for hydroxylation is 1. The number of nitrogens with zero attached hydrogens (tertiary/aromatic N) is 4. The van der Waals surface area contributed by atoms with Gasteiger partial charge in [0.2, 0.25) is 0 Å². The van der Waals surface area contributed by atoms with E-state index in [1.165, 1.54) is 6.20 Å². The van der Waals surface area contributed by atoms with Crippen molar-refractivity contribution >= 4 is 17.4 Å². The zero-order valence-corrected chi connectivity index (χ0v) is 13.0. The van der Waals surface area contributed by atoms with E-state index in [1.807, 2.05) is 31.1 Å². The lowest BCUT2D eigenvalue weighted by atomic mass is 10.1. The number of Topliss-reactive ketones (excluding diaryl/α,β-unsaturated/α-hetero) is 1. The molecule has 2 heterocycles. The minimum atomic E-state index is 0.0214. The van der Waals surface area contributed by atoms with Crippen LogP contribution in [0.25, 0.3) is 0 Å². The summed E-state index contributed by atoms with van der Waals surface area (Å²) in [6.45, 7) is 1.46. The van der Waals surface area contributed by atoms with Crippen LogP contribution in [0.5, 0.6) is 0 Å². The Morgan fingerprint density at radius 1 is 1.33 bits per heavy atom. The van der Waals surface area contributed by atoms with Crippen molar-refractivity contribution < 1.29 is 4.79 Å². The van der Waals surface area contributed by atoms with Gasteiger partial charge >= 0.3 is 0 Å². The van der Waals surface area contributed by atoms with Crippen molar-refractivity contribution in [3.05, 3.63) is 47.0 Å². The molecule has 0 saturated heterocycles. The lowest BCUT2D eigenvalue weighted by Gasteiger charge is -2.11. The van der Waals surface area contributed by atoms with Crippen molar-refractivity contribution in [3.8, 4) is 0 Å². The fourth-order valence-corrected chi connectivity index (χ4v) is 2.28. The van der Waals surface area contributed by atoms with Crippen LogP contribution in [-0.2, 0) is 13.0 Å². The third kappa shape index (κ3) is 4.37. The van der Waals surface area contributed by atoms with Gasteiger partial charge in [-0.1, -0.05) is 11.6 Å². The number of carbonyl (C=O) groups is 1. The van der Waals surface area contributed by atoms with Crippen LogP contribution in [-0.4, -0.2) is 46.1 Å². The molecule has 0 bridgehead atoms. The summed E-state index contributed by atoms with van der Waals surface area (Å²) >= 11 is 6.11. The fourth-order valence-electron chi connectivity index (χ4n) is 2.03. The molecule has 6 heteroatoms. The molecule has 2 aromatic rings. The lowest BCUT2D eigenvalue weighted by molar-refractivity contribution is 0.0971. The number of carbonyl (C=O) groups excluding carboxylic acids is 1. The van der Waals surface area contributed by atoms with Gasteiger partial charge in [-0.05, 0) is 38.2 Å². The summed E-state index contributed by atoms with van der Waals surface area (Å²) in [5, 5.41) is 4.62. The Bertz CT molecular complexity index is 595. The number of pyridine rings is 1. The van der Waals surface area contributed by atoms with Crippen LogP contribution in [0.4, 0.5) is 0 Å². The second-order valence-corrected chi connectivity index (χ2v) is 5.55. The Balaban J connectivity index is 2.03. The van der Waals surface area contributed by atoms with Gasteiger partial charge in [0.25, 0.3) is 0 Å². The van der Waals surface area contributed by atoms with Crippen LogP contribution in [0.2, 0.25) is 5.02 Å². The second-order valence-electron chi connectivity index (χ2n) is 5.15. The van der Waals surface area contributed by atoms with Crippen molar-refractivity contribution in [1.82, 2.24) is 19.7 Å². The molecule has 0 unspecified atom stereocenters. The highest BCUT2D eigenvalue weighted by Crippen LogP contribution is 2.18. The van der Waals surface area contributed by atoms with Crippen LogP contribution < -0.4 is 0 Å². The maximum absolute atomic E-state index is 12.4. The van der Waals surface area contributed by atoms with Gasteiger partial charge in [0.05, 0.1) is 17.8 Å². The van der Waals surface area contributed by atoms with Crippen LogP contribution in [0, 0.1) is 0 Å². The van der Waals surface area contributed by atoms with Gasteiger partial charge in [0, 0.05) is 25.4 Å². The van der Waals surface area contributed by atoms with Crippen LogP contribution in [0.15, 0.2) is 30.7 Å². The molecule has 0 amide bonds. The van der Waals surface area contributed by atoms with Crippen molar-refractivity contribution in [2.75, 3.05) is 20.6 Å². The highest BCUT2D eigenvalue weighted by atomic mass is 35.5. The molecule has 2 aromatic heterocycles. The van der Waals surface area contributed by atoms with E-state index in [4.69, 9.17) is 11.6 Å². The number of ketones is 1. The lowest BCUT2D eigenvalue weighted by Crippen LogP contribution is -2.21. The fraction of sp³-hybridized carbons (Fsp3) is 0.400. The van der Waals surface area contributed by atoms with E-state index in [-0.39, 0.29) is 5.78 Å². The molecule has 0 aliphatic heterocycles. The molecular formula is C15H19ClN4O. The summed E-state index contributed by atoms with van der Waals surface area (Å²) in [6, 6.07) is 3.83. The normalized spacial score (nSPS) is 11.0. The Labute approximate surface area is 129 Å². The minimum absolute atomic E-state index is 0.0214. The summed E-state index contributed by atoms with van der Waals surface area (Å²) in [5.74, 6) is 0.0214. The zero-order valence-electron chi connectivity index (χ0n) is 12.3. The van der Waals surface area contributed by atoms with E-state index in [1.54, 1.807) is 17.1 Å². The average molecular weight is 307 g/mol. The number of hydrogen-bond acceptors (Lipinski definition) is 4. The predicted molar refractivity (Wildman–Crippen MR) is 82.7 cm³/mol. The molecule has 0 radical (unpaired) electrons. The summed E-state index contributed by atoms with van der Waals surface area (Å²) < 4.78 is 1.69. The Kier molecular flexibility index (Phi) is 5.47. The second kappa shape index (κ2) is 7.33. The van der Waals surface area contributed by atoms with E-state index >= 15 is 0 Å². The van der Waals surface area contributed by atoms with Gasteiger partial charge < -0.3 is 4.90 Å². The van der Waals surface area contributed by atoms with E-state index in [2.05, 4.69) is 10.1 Å². The van der Waals surface area contributed by atoms with E-state index < -0.39 is 0 Å². The number of halogens is 1. The average Bonchev–Trinajstić information content (AvgIpc) is 2.85. The smallest absolute Gasteiger partial charge is 0.182 e. The van der Waals surface area contributed by atoms with Crippen molar-refractivity contribution in [2.45, 2.75) is 19.4 Å². The van der Waals surface area contributed by atoms with Crippen LogP contribution in [0.3, 0.4) is 0 Å². The first kappa shape index (κ1) is 15.7. The van der Waals surface area contributed by atoms with Crippen molar-refractivity contribution in [1.29, 1.82) is 0 Å². The van der Waals surface area contributed by atoms with E-state index in [0.717, 1.165) is 12.1 Å². The Morgan fingerprint density at radius 2 is 2.05 bits per heavy atom. The summed E-state index contributed by atoms with van der Waals surface area (Å²) in [6.07, 6.45) is 6.09. The van der Waals surface area contributed by atoms with Crippen molar-refractivity contribution in [3.63, 3.8) is 0 Å². The summed E-state index contributed by atoms with van der Waals surface area (Å²) in [7, 11) is 3.96. The number of hydrogen-bond donors (Lipinski definition) is 0. The quantitative estimate of drug-likeness (QED) is 0.737. The molecule has 21 heavy (non-hydrogen) atoms. The number of aromatic nitrogens is 3. The van der Waals surface area contributed by atoms with Gasteiger partial charge in [-0.3, -0.25) is 14.5 Å². The van der Waals surface area contributed by atoms with E-state index in [0.29, 0.717) is 30.1 Å². The SMILES string of the molecule is CN(C)CCn1ncc(Cl)c1C(=O)CCc1ccncc1. The molecule has 0 spiro atoms. The molecule has 0 N–H and O–H groups in total. The zero-order chi connectivity index (χ0) is 15.2. The molecular weight excluding hydrogens is 288 g/mol. The Morgan fingerprint density at radius 3 is 2.71 bits per heavy atom. The molecule has 0 aromatic carbocycles. The third-order valence-corrected chi connectivity index (χ3v) is 3.48. The molecule has 0 saturated carbocycles. The first-order valence-corrected chi connectivity index (χ1v) is 7.24. The molecule has 5 nitrogen and oxygen atoms in total. The molecule has 0 atom stereocenters. The third-order valence-electron chi connectivity index (χ3n) is 3.21. The highest BCUT2D eigenvalue weighted by Gasteiger charge is 2.17. The largest absolute Gasteiger partial charge is 0.308 e. The molecule has 2 rings (SSSR count).